The van der Waals surface area contributed by atoms with Crippen molar-refractivity contribution in [1.82, 2.24) is 0 Å². The molecule has 74 valence electrons. The minimum absolute atomic E-state index is 0. The summed E-state index contributed by atoms with van der Waals surface area (Å²) in [6.45, 7) is 0. The Morgan fingerprint density at radius 3 is 2.43 bits per heavy atom. The first-order chi connectivity index (χ1) is 5.65. The van der Waals surface area contributed by atoms with E-state index in [4.69, 9.17) is 19.4 Å². The zero-order valence-electron chi connectivity index (χ0n) is 7.40. The molecule has 0 bridgehead atoms. The molecule has 0 fully saturated rings. The summed E-state index contributed by atoms with van der Waals surface area (Å²) in [5, 5.41) is 0.307. The molecular weight excluding hydrogens is 206 g/mol. The van der Waals surface area contributed by atoms with Gasteiger partial charge < -0.3 is 11.0 Å². The molecule has 4 nitrogen and oxygen atoms in total. The summed E-state index contributed by atoms with van der Waals surface area (Å²) in [6.07, 6.45) is 0. The Morgan fingerprint density at radius 2 is 2.00 bits per heavy atom. The first kappa shape index (κ1) is 15.4. The molecule has 0 aliphatic carbocycles. The molecule has 1 aromatic carbocycles. The largest absolute Gasteiger partial charge is 0.870 e. The van der Waals surface area contributed by atoms with Crippen molar-refractivity contribution in [3.63, 3.8) is 0 Å². The van der Waals surface area contributed by atoms with Gasteiger partial charge in [0.2, 0.25) is 0 Å². The molecule has 0 radical (unpaired) electrons. The molecule has 0 amide bonds. The van der Waals surface area contributed by atoms with Crippen molar-refractivity contribution in [2.75, 3.05) is 7.11 Å². The summed E-state index contributed by atoms with van der Waals surface area (Å²) in [7, 11) is 6.73. The van der Waals surface area contributed by atoms with Crippen LogP contribution in [0.4, 0.5) is 0 Å². The maximum Gasteiger partial charge on any atom is -0.870 e. The van der Waals surface area contributed by atoms with E-state index < -0.39 is 5.97 Å². The van der Waals surface area contributed by atoms with Crippen molar-refractivity contribution in [1.29, 1.82) is 0 Å². The van der Waals surface area contributed by atoms with Crippen molar-refractivity contribution in [3.8, 4) is 0 Å². The minimum atomic E-state index is -0.458. The van der Waals surface area contributed by atoms with E-state index in [0.717, 1.165) is 0 Å². The molecule has 6 heteroatoms. The number of halogens is 1. The molecule has 2 N–H and O–H groups in total. The van der Waals surface area contributed by atoms with Crippen LogP contribution >= 0.6 is 11.6 Å². The van der Waals surface area contributed by atoms with E-state index in [1.54, 1.807) is 6.07 Å². The molecule has 0 aliphatic rings. The summed E-state index contributed by atoms with van der Waals surface area (Å²) in [4.78, 5) is 11.0. The third-order valence-electron chi connectivity index (χ3n) is 1.40. The molecule has 1 rings (SSSR count). The standard InChI is InChI=1S/C8H6BClO2.2H2O/c1-12-8(11)6-3-2-5(9)4-7(6)10;;/h2-4H,1H3;2*1H2/q+2;;/p-2. The second kappa shape index (κ2) is 6.42. The van der Waals surface area contributed by atoms with Gasteiger partial charge in [0.05, 0.1) is 0 Å². The van der Waals surface area contributed by atoms with Crippen LogP contribution in [0.1, 0.15) is 10.4 Å². The Kier molecular flexibility index (Phi) is 7.08. The Bertz CT molecular complexity index is 316. The molecule has 0 unspecified atom stereocenters. The molecular formula is C8H8BClO4. The van der Waals surface area contributed by atoms with Gasteiger partial charge in [-0.15, -0.1) is 0 Å². The van der Waals surface area contributed by atoms with Crippen molar-refractivity contribution < 1.29 is 20.5 Å². The maximum absolute atomic E-state index is 11.0. The monoisotopic (exact) mass is 214 g/mol. The maximum atomic E-state index is 11.0. The van der Waals surface area contributed by atoms with Gasteiger partial charge >= 0.3 is 76.3 Å². The van der Waals surface area contributed by atoms with Crippen LogP contribution in [0.5, 0.6) is 0 Å². The molecule has 0 spiro atoms. The van der Waals surface area contributed by atoms with Crippen molar-refractivity contribution >= 4 is 30.9 Å². The van der Waals surface area contributed by atoms with E-state index in [1.807, 2.05) is 0 Å². The number of benzene rings is 1. The number of carbonyl (C=O) groups excluding carboxylic acids is 1. The average molecular weight is 214 g/mol. The summed E-state index contributed by atoms with van der Waals surface area (Å²) >= 11 is 5.72. The predicted octanol–water partition coefficient (Wildman–Crippen LogP) is 0.567. The van der Waals surface area contributed by atoms with Gasteiger partial charge in [0.1, 0.15) is 0 Å². The molecule has 0 saturated heterocycles. The van der Waals surface area contributed by atoms with Gasteiger partial charge in [-0.05, 0) is 0 Å². The average Bonchev–Trinajstić information content (AvgIpc) is 2.03. The first-order valence-electron chi connectivity index (χ1n) is 3.28. The van der Waals surface area contributed by atoms with E-state index >= 15 is 0 Å². The third-order valence-corrected chi connectivity index (χ3v) is 1.71. The number of carbonyl (C=O) groups is 1. The molecule has 0 heterocycles. The zero-order chi connectivity index (χ0) is 9.14. The summed E-state index contributed by atoms with van der Waals surface area (Å²) in [5.74, 6) is -0.458. The number of esters is 1. The smallest absolute Gasteiger partial charge is 0.870 e. The van der Waals surface area contributed by atoms with Crippen LogP contribution in [0.15, 0.2) is 18.2 Å². The first-order valence-corrected chi connectivity index (χ1v) is 3.66. The number of methoxy groups -OCH3 is 1. The zero-order valence-corrected chi connectivity index (χ0v) is 8.15. The van der Waals surface area contributed by atoms with E-state index in [1.165, 1.54) is 19.2 Å². The quantitative estimate of drug-likeness (QED) is 0.505. The topological polar surface area (TPSA) is 86.3 Å². The van der Waals surface area contributed by atoms with Crippen LogP contribution in [0, 0.1) is 0 Å². The summed E-state index contributed by atoms with van der Waals surface area (Å²) < 4.78 is 4.49. The van der Waals surface area contributed by atoms with Gasteiger partial charge in [0.25, 0.3) is 0 Å². The molecule has 1 aromatic rings. The van der Waals surface area contributed by atoms with Crippen LogP contribution in [0.2, 0.25) is 5.02 Å². The number of hydrogen-bond donors (Lipinski definition) is 0. The van der Waals surface area contributed by atoms with Crippen molar-refractivity contribution in [3.05, 3.63) is 28.8 Å². The molecule has 0 aliphatic heterocycles. The Balaban J connectivity index is 0. The fraction of sp³-hybridized carbons (Fsp3) is 0.125. The fourth-order valence-electron chi connectivity index (χ4n) is 0.807. The van der Waals surface area contributed by atoms with E-state index in [9.17, 15) is 4.79 Å². The van der Waals surface area contributed by atoms with Crippen LogP contribution in [0.3, 0.4) is 0 Å². The summed E-state index contributed by atoms with van der Waals surface area (Å²) in [6, 6.07) is 4.63. The van der Waals surface area contributed by atoms with Crippen LogP contribution in [0.25, 0.3) is 0 Å². The second-order valence-electron chi connectivity index (χ2n) is 2.23. The minimum Gasteiger partial charge on any atom is -0.870 e. The Morgan fingerprint density at radius 1 is 1.43 bits per heavy atom. The normalized spacial score (nSPS) is 8.29. The van der Waals surface area contributed by atoms with Crippen LogP contribution < -0.4 is 5.46 Å². The number of rotatable bonds is 1. The molecule has 14 heavy (non-hydrogen) atoms. The van der Waals surface area contributed by atoms with Crippen molar-refractivity contribution in [2.24, 2.45) is 0 Å². The van der Waals surface area contributed by atoms with E-state index in [-0.39, 0.29) is 11.0 Å². The Hall–Kier alpha value is -1.04. The predicted molar refractivity (Wildman–Crippen MR) is 52.1 cm³/mol. The third kappa shape index (κ3) is 3.37. The van der Waals surface area contributed by atoms with Crippen LogP contribution in [-0.2, 0) is 4.74 Å². The van der Waals surface area contributed by atoms with Gasteiger partial charge in [-0.1, -0.05) is 0 Å². The SMILES string of the molecule is [B+2]c1ccc(C(=O)OC)c(Cl)c1.[OH-].[OH-]. The van der Waals surface area contributed by atoms with Crippen molar-refractivity contribution in [2.45, 2.75) is 0 Å². The van der Waals surface area contributed by atoms with Gasteiger partial charge in [0.15, 0.2) is 0 Å². The van der Waals surface area contributed by atoms with E-state index in [0.29, 0.717) is 16.0 Å². The van der Waals surface area contributed by atoms with Gasteiger partial charge in [-0.2, -0.15) is 0 Å². The van der Waals surface area contributed by atoms with Gasteiger partial charge in [-0.3, -0.25) is 0 Å². The Labute approximate surface area is 87.9 Å². The van der Waals surface area contributed by atoms with Crippen LogP contribution in [-0.4, -0.2) is 31.9 Å². The second-order valence-corrected chi connectivity index (χ2v) is 2.64. The molecule has 0 atom stereocenters. The number of hydrogen-bond acceptors (Lipinski definition) is 4. The molecule has 0 aromatic heterocycles. The number of ether oxygens (including phenoxy) is 1. The van der Waals surface area contributed by atoms with Gasteiger partial charge in [0, 0.05) is 0 Å². The van der Waals surface area contributed by atoms with Gasteiger partial charge in [-0.25, -0.2) is 0 Å². The summed E-state index contributed by atoms with van der Waals surface area (Å²) in [5.41, 5.74) is 0.848. The van der Waals surface area contributed by atoms with E-state index in [2.05, 4.69) is 4.74 Å². The fourth-order valence-corrected chi connectivity index (χ4v) is 1.07. The molecule has 0 saturated carbocycles.